The smallest absolute Gasteiger partial charge is 0.260 e. The molecule has 4 nitrogen and oxygen atoms in total. The minimum absolute atomic E-state index is 0.0880. The van der Waals surface area contributed by atoms with E-state index in [0.29, 0.717) is 11.3 Å². The standard InChI is InChI=1S/C9H7NO3/c1-4-5-2-3-6(11)8(12)7(5)9(13)10-4/h2-3,11-12H,1H2,(H,10,13). The predicted molar refractivity (Wildman–Crippen MR) is 46.3 cm³/mol. The summed E-state index contributed by atoms with van der Waals surface area (Å²) in [7, 11) is 0. The van der Waals surface area contributed by atoms with E-state index in [2.05, 4.69) is 11.9 Å². The van der Waals surface area contributed by atoms with Crippen molar-refractivity contribution in [1.82, 2.24) is 5.32 Å². The van der Waals surface area contributed by atoms with E-state index in [1.165, 1.54) is 12.1 Å². The quantitative estimate of drug-likeness (QED) is 0.513. The number of aromatic hydroxyl groups is 2. The van der Waals surface area contributed by atoms with E-state index in [-0.39, 0.29) is 11.3 Å². The van der Waals surface area contributed by atoms with Crippen LogP contribution in [-0.2, 0) is 0 Å². The number of amides is 1. The number of carbonyl (C=O) groups excluding carboxylic acids is 1. The number of fused-ring (bicyclic) bond motifs is 1. The summed E-state index contributed by atoms with van der Waals surface area (Å²) in [5, 5.41) is 20.9. The van der Waals surface area contributed by atoms with Crippen molar-refractivity contribution < 1.29 is 15.0 Å². The monoisotopic (exact) mass is 177 g/mol. The Hall–Kier alpha value is -1.97. The molecule has 0 radical (unpaired) electrons. The van der Waals surface area contributed by atoms with Crippen molar-refractivity contribution in [3.05, 3.63) is 29.8 Å². The first-order chi connectivity index (χ1) is 6.11. The molecule has 0 aliphatic carbocycles. The lowest BCUT2D eigenvalue weighted by atomic mass is 10.1. The molecule has 0 fully saturated rings. The molecule has 0 spiro atoms. The van der Waals surface area contributed by atoms with Crippen LogP contribution in [-0.4, -0.2) is 16.1 Å². The van der Waals surface area contributed by atoms with Crippen molar-refractivity contribution in [3.8, 4) is 11.5 Å². The van der Waals surface area contributed by atoms with Gasteiger partial charge in [-0.3, -0.25) is 4.79 Å². The fourth-order valence-electron chi connectivity index (χ4n) is 1.33. The zero-order chi connectivity index (χ0) is 9.59. The number of phenols is 2. The van der Waals surface area contributed by atoms with Gasteiger partial charge in [-0.2, -0.15) is 0 Å². The van der Waals surface area contributed by atoms with Gasteiger partial charge in [0.15, 0.2) is 11.5 Å². The first kappa shape index (κ1) is 7.67. The number of phenolic OH excluding ortho intramolecular Hbond substituents is 2. The summed E-state index contributed by atoms with van der Waals surface area (Å²) < 4.78 is 0. The minimum Gasteiger partial charge on any atom is -0.504 e. The molecule has 1 aliphatic rings. The maximum atomic E-state index is 11.2. The van der Waals surface area contributed by atoms with Gasteiger partial charge < -0.3 is 15.5 Å². The van der Waals surface area contributed by atoms with Gasteiger partial charge in [-0.1, -0.05) is 6.58 Å². The normalized spacial score (nSPS) is 14.2. The van der Waals surface area contributed by atoms with E-state index in [9.17, 15) is 9.90 Å². The number of carbonyl (C=O) groups is 1. The number of benzene rings is 1. The van der Waals surface area contributed by atoms with E-state index in [0.717, 1.165) is 0 Å². The predicted octanol–water partition coefficient (Wildman–Crippen LogP) is 0.812. The maximum Gasteiger partial charge on any atom is 0.260 e. The van der Waals surface area contributed by atoms with Crippen molar-refractivity contribution in [2.75, 3.05) is 0 Å². The zero-order valence-corrected chi connectivity index (χ0v) is 6.66. The Kier molecular flexibility index (Phi) is 1.33. The molecule has 1 aromatic carbocycles. The molecule has 0 bridgehead atoms. The number of rotatable bonds is 0. The number of hydrogen-bond donors (Lipinski definition) is 3. The third-order valence-corrected chi connectivity index (χ3v) is 1.97. The highest BCUT2D eigenvalue weighted by Crippen LogP contribution is 2.36. The maximum absolute atomic E-state index is 11.2. The van der Waals surface area contributed by atoms with Crippen LogP contribution in [0.3, 0.4) is 0 Å². The van der Waals surface area contributed by atoms with Gasteiger partial charge in [0.25, 0.3) is 5.91 Å². The second kappa shape index (κ2) is 2.26. The lowest BCUT2D eigenvalue weighted by Gasteiger charge is -2.01. The molecule has 13 heavy (non-hydrogen) atoms. The topological polar surface area (TPSA) is 69.6 Å². The number of hydrogen-bond acceptors (Lipinski definition) is 3. The Morgan fingerprint density at radius 1 is 1.31 bits per heavy atom. The van der Waals surface area contributed by atoms with Gasteiger partial charge >= 0.3 is 0 Å². The van der Waals surface area contributed by atoms with Crippen LogP contribution in [0.1, 0.15) is 15.9 Å². The van der Waals surface area contributed by atoms with Crippen LogP contribution in [0.25, 0.3) is 5.70 Å². The molecular formula is C9H7NO3. The molecule has 1 aliphatic heterocycles. The summed E-state index contributed by atoms with van der Waals surface area (Å²) in [4.78, 5) is 11.2. The molecule has 1 amide bonds. The van der Waals surface area contributed by atoms with Crippen LogP contribution in [0.5, 0.6) is 11.5 Å². The van der Waals surface area contributed by atoms with E-state index >= 15 is 0 Å². The summed E-state index contributed by atoms with van der Waals surface area (Å²) in [6, 6.07) is 2.85. The highest BCUT2D eigenvalue weighted by Gasteiger charge is 2.27. The van der Waals surface area contributed by atoms with Gasteiger partial charge in [0.1, 0.15) is 0 Å². The highest BCUT2D eigenvalue weighted by atomic mass is 16.3. The zero-order valence-electron chi connectivity index (χ0n) is 6.66. The minimum atomic E-state index is -0.437. The fourth-order valence-corrected chi connectivity index (χ4v) is 1.33. The van der Waals surface area contributed by atoms with Crippen molar-refractivity contribution in [2.45, 2.75) is 0 Å². The van der Waals surface area contributed by atoms with Gasteiger partial charge in [0, 0.05) is 11.3 Å². The Balaban J connectivity index is 2.78. The first-order valence-corrected chi connectivity index (χ1v) is 3.67. The second-order valence-corrected chi connectivity index (χ2v) is 2.79. The van der Waals surface area contributed by atoms with Gasteiger partial charge in [-0.05, 0) is 12.1 Å². The van der Waals surface area contributed by atoms with Crippen LogP contribution in [0.2, 0.25) is 0 Å². The largest absolute Gasteiger partial charge is 0.504 e. The SMILES string of the molecule is C=C1NC(=O)c2c1ccc(O)c2O. The average molecular weight is 177 g/mol. The molecular weight excluding hydrogens is 170 g/mol. The molecule has 1 aromatic rings. The third kappa shape index (κ3) is 0.885. The highest BCUT2D eigenvalue weighted by molar-refractivity contribution is 6.11. The van der Waals surface area contributed by atoms with Gasteiger partial charge in [-0.15, -0.1) is 0 Å². The first-order valence-electron chi connectivity index (χ1n) is 3.67. The average Bonchev–Trinajstić information content (AvgIpc) is 2.35. The van der Waals surface area contributed by atoms with Crippen molar-refractivity contribution in [2.24, 2.45) is 0 Å². The number of nitrogens with one attached hydrogen (secondary N) is 1. The molecule has 1 heterocycles. The summed E-state index contributed by atoms with van der Waals surface area (Å²) in [5.74, 6) is -1.13. The molecule has 0 saturated carbocycles. The van der Waals surface area contributed by atoms with Gasteiger partial charge in [0.2, 0.25) is 0 Å². The molecule has 2 rings (SSSR count). The third-order valence-electron chi connectivity index (χ3n) is 1.97. The summed E-state index contributed by atoms with van der Waals surface area (Å²) in [6.07, 6.45) is 0. The van der Waals surface area contributed by atoms with E-state index in [4.69, 9.17) is 5.11 Å². The van der Waals surface area contributed by atoms with E-state index < -0.39 is 11.7 Å². The molecule has 0 unspecified atom stereocenters. The summed E-state index contributed by atoms with van der Waals surface area (Å²) in [6.45, 7) is 3.59. The second-order valence-electron chi connectivity index (χ2n) is 2.79. The molecule has 4 heteroatoms. The fraction of sp³-hybridized carbons (Fsp3) is 0. The Morgan fingerprint density at radius 2 is 2.00 bits per heavy atom. The van der Waals surface area contributed by atoms with Crippen molar-refractivity contribution in [1.29, 1.82) is 0 Å². The molecule has 0 aromatic heterocycles. The summed E-state index contributed by atoms with van der Waals surface area (Å²) >= 11 is 0. The molecule has 3 N–H and O–H groups in total. The Labute approximate surface area is 74.1 Å². The van der Waals surface area contributed by atoms with Crippen LogP contribution < -0.4 is 5.32 Å². The van der Waals surface area contributed by atoms with Crippen LogP contribution >= 0.6 is 0 Å². The Bertz CT molecular complexity index is 423. The van der Waals surface area contributed by atoms with Crippen LogP contribution in [0, 0.1) is 0 Å². The van der Waals surface area contributed by atoms with Gasteiger partial charge in [-0.25, -0.2) is 0 Å². The Morgan fingerprint density at radius 3 is 2.69 bits per heavy atom. The van der Waals surface area contributed by atoms with Crippen LogP contribution in [0.4, 0.5) is 0 Å². The molecule has 66 valence electrons. The van der Waals surface area contributed by atoms with Crippen molar-refractivity contribution >= 4 is 11.6 Å². The lowest BCUT2D eigenvalue weighted by molar-refractivity contribution is 0.0978. The van der Waals surface area contributed by atoms with Crippen LogP contribution in [0.15, 0.2) is 18.7 Å². The van der Waals surface area contributed by atoms with E-state index in [1.54, 1.807) is 0 Å². The van der Waals surface area contributed by atoms with Gasteiger partial charge in [0.05, 0.1) is 5.56 Å². The summed E-state index contributed by atoms with van der Waals surface area (Å²) in [5.41, 5.74) is 1.06. The molecule has 0 atom stereocenters. The van der Waals surface area contributed by atoms with E-state index in [1.807, 2.05) is 0 Å². The lowest BCUT2D eigenvalue weighted by Crippen LogP contribution is -2.11. The van der Waals surface area contributed by atoms with Crippen molar-refractivity contribution in [3.63, 3.8) is 0 Å². The molecule has 0 saturated heterocycles.